The van der Waals surface area contributed by atoms with Gasteiger partial charge in [0, 0.05) is 32.0 Å². The smallest absolute Gasteiger partial charge is 0.123 e. The molecule has 108 valence electrons. The molecule has 0 spiro atoms. The molecule has 0 saturated carbocycles. The minimum atomic E-state index is 0.710. The number of hydrogen-bond acceptors (Lipinski definition) is 4. The molecule has 1 aromatic carbocycles. The number of ether oxygens (including phenoxy) is 2. The van der Waals surface area contributed by atoms with Crippen molar-refractivity contribution in [3.63, 3.8) is 0 Å². The maximum absolute atomic E-state index is 5.36. The van der Waals surface area contributed by atoms with Crippen LogP contribution in [-0.2, 0) is 17.8 Å². The van der Waals surface area contributed by atoms with Gasteiger partial charge in [0.15, 0.2) is 0 Å². The molecule has 0 atom stereocenters. The lowest BCUT2D eigenvalue weighted by Crippen LogP contribution is -2.18. The highest BCUT2D eigenvalue weighted by atomic mass is 16.5. The number of methoxy groups -OCH3 is 2. The van der Waals surface area contributed by atoms with E-state index in [-0.39, 0.29) is 0 Å². The van der Waals surface area contributed by atoms with Crippen molar-refractivity contribution in [2.75, 3.05) is 27.4 Å². The van der Waals surface area contributed by atoms with Crippen LogP contribution in [0.4, 0.5) is 0 Å². The highest BCUT2D eigenvalue weighted by Crippen LogP contribution is 2.18. The van der Waals surface area contributed by atoms with E-state index in [1.165, 1.54) is 0 Å². The molecule has 2 rings (SSSR count). The van der Waals surface area contributed by atoms with Crippen molar-refractivity contribution in [1.29, 1.82) is 0 Å². The summed E-state index contributed by atoms with van der Waals surface area (Å²) in [6, 6.07) is 8.03. The fourth-order valence-corrected chi connectivity index (χ4v) is 2.01. The topological polar surface area (TPSA) is 48.3 Å². The molecule has 0 bridgehead atoms. The highest BCUT2D eigenvalue weighted by molar-refractivity contribution is 5.33. The van der Waals surface area contributed by atoms with Gasteiger partial charge in [-0.1, -0.05) is 18.2 Å². The molecule has 0 fully saturated rings. The van der Waals surface area contributed by atoms with E-state index in [0.29, 0.717) is 6.61 Å². The minimum Gasteiger partial charge on any atom is -0.496 e. The summed E-state index contributed by atoms with van der Waals surface area (Å²) in [5, 5.41) is 3.28. The number of nitrogens with one attached hydrogen (secondary N) is 1. The van der Waals surface area contributed by atoms with Gasteiger partial charge in [0.1, 0.15) is 5.75 Å². The summed E-state index contributed by atoms with van der Waals surface area (Å²) in [5.74, 6) is 0.904. The van der Waals surface area contributed by atoms with Crippen molar-refractivity contribution < 1.29 is 9.47 Å². The third-order valence-corrected chi connectivity index (χ3v) is 3.02. The second kappa shape index (κ2) is 7.67. The van der Waals surface area contributed by atoms with Crippen LogP contribution < -0.4 is 10.1 Å². The van der Waals surface area contributed by atoms with Crippen molar-refractivity contribution in [3.05, 3.63) is 48.0 Å². The highest BCUT2D eigenvalue weighted by Gasteiger charge is 2.04. The summed E-state index contributed by atoms with van der Waals surface area (Å²) in [6.07, 6.45) is 3.89. The first-order valence-corrected chi connectivity index (χ1v) is 6.65. The molecule has 0 aliphatic rings. The Kier molecular flexibility index (Phi) is 5.58. The molecule has 20 heavy (non-hydrogen) atoms. The molecule has 2 aromatic rings. The third-order valence-electron chi connectivity index (χ3n) is 3.02. The number of aromatic nitrogens is 2. The SMILES string of the molecule is COCCNCc1cn(Cc2ccccc2OC)cn1. The van der Waals surface area contributed by atoms with Crippen LogP contribution in [-0.4, -0.2) is 36.9 Å². The lowest BCUT2D eigenvalue weighted by molar-refractivity contribution is 0.199. The third kappa shape index (κ3) is 4.08. The van der Waals surface area contributed by atoms with Crippen LogP contribution in [0.2, 0.25) is 0 Å². The van der Waals surface area contributed by atoms with E-state index in [9.17, 15) is 0 Å². The Morgan fingerprint density at radius 3 is 2.90 bits per heavy atom. The van der Waals surface area contributed by atoms with Gasteiger partial charge in [-0.15, -0.1) is 0 Å². The first kappa shape index (κ1) is 14.6. The zero-order valence-corrected chi connectivity index (χ0v) is 12.0. The van der Waals surface area contributed by atoms with Gasteiger partial charge in [0.05, 0.1) is 32.3 Å². The number of nitrogens with zero attached hydrogens (tertiary/aromatic N) is 2. The molecular weight excluding hydrogens is 254 g/mol. The summed E-state index contributed by atoms with van der Waals surface area (Å²) in [7, 11) is 3.39. The van der Waals surface area contributed by atoms with Crippen molar-refractivity contribution in [2.24, 2.45) is 0 Å². The summed E-state index contributed by atoms with van der Waals surface area (Å²) in [6.45, 7) is 3.05. The van der Waals surface area contributed by atoms with Gasteiger partial charge in [-0.2, -0.15) is 0 Å². The maximum atomic E-state index is 5.36. The quantitative estimate of drug-likeness (QED) is 0.745. The lowest BCUT2D eigenvalue weighted by atomic mass is 10.2. The largest absolute Gasteiger partial charge is 0.496 e. The Labute approximate surface area is 119 Å². The van der Waals surface area contributed by atoms with Gasteiger partial charge in [-0.3, -0.25) is 0 Å². The molecule has 0 radical (unpaired) electrons. The van der Waals surface area contributed by atoms with E-state index >= 15 is 0 Å². The van der Waals surface area contributed by atoms with E-state index < -0.39 is 0 Å². The number of rotatable bonds is 8. The van der Waals surface area contributed by atoms with Gasteiger partial charge in [-0.05, 0) is 6.07 Å². The Bertz CT molecular complexity index is 525. The fourth-order valence-electron chi connectivity index (χ4n) is 2.01. The van der Waals surface area contributed by atoms with Crippen LogP contribution >= 0.6 is 0 Å². The summed E-state index contributed by atoms with van der Waals surface area (Å²) >= 11 is 0. The molecule has 0 aliphatic heterocycles. The van der Waals surface area contributed by atoms with Crippen molar-refractivity contribution in [1.82, 2.24) is 14.9 Å². The van der Waals surface area contributed by atoms with Crippen LogP contribution in [0.15, 0.2) is 36.8 Å². The number of hydrogen-bond donors (Lipinski definition) is 1. The van der Waals surface area contributed by atoms with E-state index in [0.717, 1.165) is 36.6 Å². The van der Waals surface area contributed by atoms with Crippen molar-refractivity contribution >= 4 is 0 Å². The summed E-state index contributed by atoms with van der Waals surface area (Å²) in [5.41, 5.74) is 2.17. The normalized spacial score (nSPS) is 10.7. The molecule has 0 amide bonds. The number of benzene rings is 1. The second-order valence-corrected chi connectivity index (χ2v) is 4.52. The molecule has 1 N–H and O–H groups in total. The zero-order chi connectivity index (χ0) is 14.2. The lowest BCUT2D eigenvalue weighted by Gasteiger charge is -2.08. The van der Waals surface area contributed by atoms with Crippen molar-refractivity contribution in [3.8, 4) is 5.75 Å². The first-order valence-electron chi connectivity index (χ1n) is 6.65. The van der Waals surface area contributed by atoms with E-state index in [4.69, 9.17) is 9.47 Å². The first-order chi connectivity index (χ1) is 9.83. The van der Waals surface area contributed by atoms with Crippen LogP contribution in [0.3, 0.4) is 0 Å². The molecule has 0 saturated heterocycles. The molecule has 5 nitrogen and oxygen atoms in total. The van der Waals surface area contributed by atoms with Gasteiger partial charge >= 0.3 is 0 Å². The van der Waals surface area contributed by atoms with Crippen molar-refractivity contribution in [2.45, 2.75) is 13.1 Å². The van der Waals surface area contributed by atoms with Crippen LogP contribution in [0, 0.1) is 0 Å². The Balaban J connectivity index is 1.92. The predicted molar refractivity (Wildman–Crippen MR) is 77.9 cm³/mol. The average molecular weight is 275 g/mol. The minimum absolute atomic E-state index is 0.710. The summed E-state index contributed by atoms with van der Waals surface area (Å²) in [4.78, 5) is 4.38. The number of imidazole rings is 1. The van der Waals surface area contributed by atoms with Gasteiger partial charge in [0.25, 0.3) is 0 Å². The molecule has 1 heterocycles. The molecular formula is C15H21N3O2. The second-order valence-electron chi connectivity index (χ2n) is 4.52. The van der Waals surface area contributed by atoms with Crippen LogP contribution in [0.5, 0.6) is 5.75 Å². The standard InChI is InChI=1S/C15H21N3O2/c1-19-8-7-16-9-14-11-18(12-17-14)10-13-5-3-4-6-15(13)20-2/h3-6,11-12,16H,7-10H2,1-2H3. The molecule has 1 aromatic heterocycles. The fraction of sp³-hybridized carbons (Fsp3) is 0.400. The van der Waals surface area contributed by atoms with Crippen LogP contribution in [0.25, 0.3) is 0 Å². The monoisotopic (exact) mass is 275 g/mol. The molecule has 0 aliphatic carbocycles. The Morgan fingerprint density at radius 1 is 1.25 bits per heavy atom. The van der Waals surface area contributed by atoms with Gasteiger partial charge < -0.3 is 19.4 Å². The maximum Gasteiger partial charge on any atom is 0.123 e. The van der Waals surface area contributed by atoms with Crippen LogP contribution in [0.1, 0.15) is 11.3 Å². The van der Waals surface area contributed by atoms with E-state index in [2.05, 4.69) is 20.9 Å². The van der Waals surface area contributed by atoms with Gasteiger partial charge in [0.2, 0.25) is 0 Å². The Hall–Kier alpha value is -1.85. The number of para-hydroxylation sites is 1. The van der Waals surface area contributed by atoms with E-state index in [1.807, 2.05) is 30.7 Å². The average Bonchev–Trinajstić information content (AvgIpc) is 2.92. The van der Waals surface area contributed by atoms with Gasteiger partial charge in [-0.25, -0.2) is 4.98 Å². The van der Waals surface area contributed by atoms with E-state index in [1.54, 1.807) is 14.2 Å². The molecule has 0 unspecified atom stereocenters. The zero-order valence-electron chi connectivity index (χ0n) is 12.0. The summed E-state index contributed by atoms with van der Waals surface area (Å²) < 4.78 is 12.4. The Morgan fingerprint density at radius 2 is 2.10 bits per heavy atom. The predicted octanol–water partition coefficient (Wildman–Crippen LogP) is 1.68. The molecule has 5 heteroatoms.